The van der Waals surface area contributed by atoms with E-state index in [0.717, 1.165) is 11.1 Å². The van der Waals surface area contributed by atoms with Crippen LogP contribution in [0.15, 0.2) is 47.6 Å². The van der Waals surface area contributed by atoms with Crippen LogP contribution in [0.25, 0.3) is 12.2 Å². The number of nitrogens with zero attached hydrogens (tertiary/aromatic N) is 1. The molecule has 0 atom stereocenters. The van der Waals surface area contributed by atoms with E-state index in [2.05, 4.69) is 5.18 Å². The monoisotopic (exact) mass is 241 g/mol. The smallest absolute Gasteiger partial charge is 0.150 e. The van der Waals surface area contributed by atoms with Crippen molar-refractivity contribution in [3.05, 3.63) is 58.5 Å². The lowest BCUT2D eigenvalue weighted by Gasteiger charge is -1.98. The van der Waals surface area contributed by atoms with Crippen molar-refractivity contribution in [1.82, 2.24) is 0 Å². The van der Waals surface area contributed by atoms with Crippen molar-refractivity contribution in [2.45, 2.75) is 0 Å². The highest BCUT2D eigenvalue weighted by atomic mass is 16.3. The van der Waals surface area contributed by atoms with E-state index in [1.807, 2.05) is 6.07 Å². The molecule has 0 unspecified atom stereocenters. The van der Waals surface area contributed by atoms with Crippen LogP contribution >= 0.6 is 0 Å². The zero-order chi connectivity index (χ0) is 13.0. The van der Waals surface area contributed by atoms with Crippen molar-refractivity contribution in [2.24, 2.45) is 5.18 Å². The predicted octanol–water partition coefficient (Wildman–Crippen LogP) is 3.67. The second-order valence-corrected chi connectivity index (χ2v) is 3.77. The molecule has 4 nitrogen and oxygen atoms in total. The molecule has 0 aliphatic heterocycles. The van der Waals surface area contributed by atoms with Gasteiger partial charge in [-0.1, -0.05) is 30.4 Å². The minimum Gasteiger partial charge on any atom is -0.508 e. The molecule has 0 amide bonds. The summed E-state index contributed by atoms with van der Waals surface area (Å²) in [5.41, 5.74) is 1.59. The average Bonchev–Trinajstić information content (AvgIpc) is 2.38. The van der Waals surface area contributed by atoms with Crippen molar-refractivity contribution in [1.29, 1.82) is 0 Å². The van der Waals surface area contributed by atoms with Crippen LogP contribution in [-0.4, -0.2) is 10.2 Å². The van der Waals surface area contributed by atoms with Gasteiger partial charge in [-0.05, 0) is 40.6 Å². The summed E-state index contributed by atoms with van der Waals surface area (Å²) in [4.78, 5) is 10.4. The maximum Gasteiger partial charge on any atom is 0.150 e. The Labute approximate surface area is 104 Å². The van der Waals surface area contributed by atoms with E-state index in [1.165, 1.54) is 12.1 Å². The van der Waals surface area contributed by atoms with Crippen LogP contribution in [0.5, 0.6) is 11.5 Å². The molecule has 18 heavy (non-hydrogen) atoms. The van der Waals surface area contributed by atoms with Gasteiger partial charge in [0.1, 0.15) is 17.2 Å². The standard InChI is InChI=1S/C14H11NO3/c16-12-3-1-2-10(8-12)4-5-11-6-7-14(17)13(9-11)15-18/h1-9,16-17H/b5-4+. The summed E-state index contributed by atoms with van der Waals surface area (Å²) >= 11 is 0. The summed E-state index contributed by atoms with van der Waals surface area (Å²) in [6.07, 6.45) is 3.56. The maximum atomic E-state index is 10.4. The fraction of sp³-hybridized carbons (Fsp3) is 0. The molecule has 0 radical (unpaired) electrons. The molecular formula is C14H11NO3. The maximum absolute atomic E-state index is 10.4. The fourth-order valence-electron chi connectivity index (χ4n) is 1.54. The predicted molar refractivity (Wildman–Crippen MR) is 70.6 cm³/mol. The highest BCUT2D eigenvalue weighted by Gasteiger charge is 2.00. The van der Waals surface area contributed by atoms with Crippen LogP contribution in [0.1, 0.15) is 11.1 Å². The summed E-state index contributed by atoms with van der Waals surface area (Å²) in [6, 6.07) is 11.4. The van der Waals surface area contributed by atoms with Crippen molar-refractivity contribution >= 4 is 17.8 Å². The van der Waals surface area contributed by atoms with Crippen molar-refractivity contribution < 1.29 is 10.2 Å². The van der Waals surface area contributed by atoms with Gasteiger partial charge >= 0.3 is 0 Å². The minimum atomic E-state index is -0.139. The Balaban J connectivity index is 2.26. The Hall–Kier alpha value is -2.62. The molecule has 0 heterocycles. The Morgan fingerprint density at radius 2 is 1.67 bits per heavy atom. The molecule has 0 saturated carbocycles. The number of phenolic OH excluding ortho intramolecular Hbond substituents is 2. The normalized spacial score (nSPS) is 10.7. The number of rotatable bonds is 3. The number of benzene rings is 2. The third-order valence-corrected chi connectivity index (χ3v) is 2.44. The highest BCUT2D eigenvalue weighted by Crippen LogP contribution is 2.27. The number of hydrogen-bond acceptors (Lipinski definition) is 4. The fourth-order valence-corrected chi connectivity index (χ4v) is 1.54. The Bertz CT molecular complexity index is 606. The van der Waals surface area contributed by atoms with E-state index in [-0.39, 0.29) is 17.2 Å². The second-order valence-electron chi connectivity index (χ2n) is 3.77. The van der Waals surface area contributed by atoms with Gasteiger partial charge in [-0.25, -0.2) is 0 Å². The first-order valence-corrected chi connectivity index (χ1v) is 5.32. The summed E-state index contributed by atoms with van der Waals surface area (Å²) in [6.45, 7) is 0. The van der Waals surface area contributed by atoms with Gasteiger partial charge in [-0.15, -0.1) is 4.91 Å². The van der Waals surface area contributed by atoms with Crippen LogP contribution in [-0.2, 0) is 0 Å². The van der Waals surface area contributed by atoms with Crippen molar-refractivity contribution in [3.8, 4) is 11.5 Å². The topological polar surface area (TPSA) is 69.9 Å². The molecule has 0 aromatic heterocycles. The number of aromatic hydroxyl groups is 2. The van der Waals surface area contributed by atoms with E-state index in [1.54, 1.807) is 36.4 Å². The minimum absolute atomic E-state index is 0.00746. The van der Waals surface area contributed by atoms with E-state index >= 15 is 0 Å². The van der Waals surface area contributed by atoms with Gasteiger partial charge in [0, 0.05) is 0 Å². The van der Waals surface area contributed by atoms with Gasteiger partial charge < -0.3 is 10.2 Å². The van der Waals surface area contributed by atoms with Gasteiger partial charge in [0.25, 0.3) is 0 Å². The lowest BCUT2D eigenvalue weighted by Crippen LogP contribution is -1.74. The zero-order valence-corrected chi connectivity index (χ0v) is 9.45. The summed E-state index contributed by atoms with van der Waals surface area (Å²) in [7, 11) is 0. The Morgan fingerprint density at radius 1 is 0.944 bits per heavy atom. The first-order chi connectivity index (χ1) is 8.69. The first kappa shape index (κ1) is 11.9. The summed E-state index contributed by atoms with van der Waals surface area (Å²) in [5, 5.41) is 21.3. The average molecular weight is 241 g/mol. The van der Waals surface area contributed by atoms with Crippen LogP contribution in [0, 0.1) is 4.91 Å². The van der Waals surface area contributed by atoms with Crippen LogP contribution in [0.3, 0.4) is 0 Å². The third kappa shape index (κ3) is 2.74. The first-order valence-electron chi connectivity index (χ1n) is 5.32. The lowest BCUT2D eigenvalue weighted by atomic mass is 10.1. The molecule has 0 spiro atoms. The van der Waals surface area contributed by atoms with Gasteiger partial charge in [0.2, 0.25) is 0 Å². The molecule has 2 N–H and O–H groups in total. The molecule has 0 fully saturated rings. The third-order valence-electron chi connectivity index (χ3n) is 2.44. The molecule has 2 aromatic carbocycles. The van der Waals surface area contributed by atoms with Crippen molar-refractivity contribution in [2.75, 3.05) is 0 Å². The van der Waals surface area contributed by atoms with Gasteiger partial charge in [-0.3, -0.25) is 0 Å². The Kier molecular flexibility index (Phi) is 3.38. The molecule has 0 aliphatic rings. The molecule has 0 bridgehead atoms. The quantitative estimate of drug-likeness (QED) is 0.636. The number of phenols is 2. The van der Waals surface area contributed by atoms with Gasteiger partial charge in [-0.2, -0.15) is 0 Å². The zero-order valence-electron chi connectivity index (χ0n) is 9.45. The molecular weight excluding hydrogens is 230 g/mol. The molecule has 4 heteroatoms. The molecule has 90 valence electrons. The van der Waals surface area contributed by atoms with Crippen LogP contribution < -0.4 is 0 Å². The SMILES string of the molecule is O=Nc1cc(/C=C/c2cccc(O)c2)ccc1O. The highest BCUT2D eigenvalue weighted by molar-refractivity contribution is 5.72. The van der Waals surface area contributed by atoms with E-state index in [4.69, 9.17) is 0 Å². The largest absolute Gasteiger partial charge is 0.508 e. The van der Waals surface area contributed by atoms with Crippen molar-refractivity contribution in [3.63, 3.8) is 0 Å². The summed E-state index contributed by atoms with van der Waals surface area (Å²) in [5.74, 6) is 0.0533. The lowest BCUT2D eigenvalue weighted by molar-refractivity contribution is 0.475. The number of hydrogen-bond donors (Lipinski definition) is 2. The molecule has 2 rings (SSSR count). The van der Waals surface area contributed by atoms with E-state index < -0.39 is 0 Å². The molecule has 2 aromatic rings. The van der Waals surface area contributed by atoms with Crippen LogP contribution in [0.2, 0.25) is 0 Å². The Morgan fingerprint density at radius 3 is 2.33 bits per heavy atom. The van der Waals surface area contributed by atoms with Crippen LogP contribution in [0.4, 0.5) is 5.69 Å². The molecule has 0 saturated heterocycles. The van der Waals surface area contributed by atoms with Gasteiger partial charge in [0.15, 0.2) is 0 Å². The van der Waals surface area contributed by atoms with E-state index in [9.17, 15) is 15.1 Å². The molecule has 0 aliphatic carbocycles. The number of nitroso groups, excluding NO2 is 1. The second kappa shape index (κ2) is 5.14. The van der Waals surface area contributed by atoms with E-state index in [0.29, 0.717) is 0 Å². The van der Waals surface area contributed by atoms with Gasteiger partial charge in [0.05, 0.1) is 0 Å². The summed E-state index contributed by atoms with van der Waals surface area (Å²) < 4.78 is 0.